The lowest BCUT2D eigenvalue weighted by molar-refractivity contribution is -0.127. The molecule has 0 aliphatic heterocycles. The molecule has 0 fully saturated rings. The lowest BCUT2D eigenvalue weighted by Gasteiger charge is -2.26. The van der Waals surface area contributed by atoms with E-state index in [1.165, 1.54) is 0 Å². The average molecular weight is 243 g/mol. The van der Waals surface area contributed by atoms with Gasteiger partial charge in [0.25, 0.3) is 0 Å². The second kappa shape index (κ2) is 8.65. The van der Waals surface area contributed by atoms with Crippen molar-refractivity contribution in [1.29, 1.82) is 0 Å². The zero-order chi connectivity index (χ0) is 13.4. The molecule has 0 unspecified atom stereocenters. The summed E-state index contributed by atoms with van der Waals surface area (Å²) in [4.78, 5) is 12.0. The van der Waals surface area contributed by atoms with E-state index in [0.29, 0.717) is 6.42 Å². The van der Waals surface area contributed by atoms with E-state index in [0.717, 1.165) is 19.3 Å². The highest BCUT2D eigenvalue weighted by atomic mass is 16.3. The lowest BCUT2D eigenvalue weighted by atomic mass is 9.94. The van der Waals surface area contributed by atoms with Crippen LogP contribution in [0.15, 0.2) is 0 Å². The number of rotatable bonds is 9. The van der Waals surface area contributed by atoms with Crippen molar-refractivity contribution in [1.82, 2.24) is 5.32 Å². The van der Waals surface area contributed by atoms with Crippen LogP contribution < -0.4 is 5.32 Å². The summed E-state index contributed by atoms with van der Waals surface area (Å²) in [5, 5.41) is 13.3. The Hall–Kier alpha value is -0.410. The van der Waals surface area contributed by atoms with E-state index < -0.39 is 12.1 Å². The van der Waals surface area contributed by atoms with Gasteiger partial charge in [-0.3, -0.25) is 4.79 Å². The summed E-state index contributed by atoms with van der Waals surface area (Å²) in [6.45, 7) is 9.90. The fourth-order valence-electron chi connectivity index (χ4n) is 1.87. The van der Waals surface area contributed by atoms with Gasteiger partial charge in [0.05, 0.1) is 12.1 Å². The molecule has 0 saturated carbocycles. The fourth-order valence-corrected chi connectivity index (χ4v) is 1.87. The molecule has 0 saturated heterocycles. The SMILES string of the molecule is CCCCC[C@@H](O)[C@H](NC(C)C)C(=O)C(C)C. The summed E-state index contributed by atoms with van der Waals surface area (Å²) < 4.78 is 0. The van der Waals surface area contributed by atoms with Gasteiger partial charge in [-0.2, -0.15) is 0 Å². The zero-order valence-corrected chi connectivity index (χ0v) is 12.0. The molecule has 2 atom stereocenters. The van der Waals surface area contributed by atoms with Crippen LogP contribution in [0.5, 0.6) is 0 Å². The van der Waals surface area contributed by atoms with E-state index in [2.05, 4.69) is 12.2 Å². The van der Waals surface area contributed by atoms with E-state index in [1.807, 2.05) is 27.7 Å². The molecule has 0 aliphatic rings. The van der Waals surface area contributed by atoms with Crippen molar-refractivity contribution in [2.24, 2.45) is 5.92 Å². The van der Waals surface area contributed by atoms with Crippen molar-refractivity contribution in [2.75, 3.05) is 0 Å². The molecule has 0 aromatic heterocycles. The molecular weight excluding hydrogens is 214 g/mol. The van der Waals surface area contributed by atoms with E-state index in [1.54, 1.807) is 0 Å². The van der Waals surface area contributed by atoms with Crippen LogP contribution in [0.1, 0.15) is 60.3 Å². The van der Waals surface area contributed by atoms with Crippen LogP contribution in [0.2, 0.25) is 0 Å². The van der Waals surface area contributed by atoms with E-state index in [9.17, 15) is 9.90 Å². The molecule has 0 spiro atoms. The van der Waals surface area contributed by atoms with Gasteiger partial charge in [-0.15, -0.1) is 0 Å². The number of ketones is 1. The molecule has 0 bridgehead atoms. The number of aliphatic hydroxyl groups is 1. The Morgan fingerprint density at radius 3 is 2.18 bits per heavy atom. The Bertz CT molecular complexity index is 214. The summed E-state index contributed by atoms with van der Waals surface area (Å²) in [6, 6.07) is -0.199. The van der Waals surface area contributed by atoms with Gasteiger partial charge in [0.1, 0.15) is 0 Å². The fraction of sp³-hybridized carbons (Fsp3) is 0.929. The molecule has 0 aromatic carbocycles. The normalized spacial score (nSPS) is 15.3. The minimum absolute atomic E-state index is 0.0351. The quantitative estimate of drug-likeness (QED) is 0.612. The molecule has 17 heavy (non-hydrogen) atoms. The average Bonchev–Trinajstić information content (AvgIpc) is 2.24. The van der Waals surface area contributed by atoms with Crippen molar-refractivity contribution in [3.63, 3.8) is 0 Å². The number of Topliss-reactive ketones (excluding diaryl/α,β-unsaturated/α-hetero) is 1. The van der Waals surface area contributed by atoms with Gasteiger partial charge in [-0.25, -0.2) is 0 Å². The van der Waals surface area contributed by atoms with Crippen molar-refractivity contribution in [2.45, 2.75) is 78.5 Å². The minimum Gasteiger partial charge on any atom is -0.391 e. The summed E-state index contributed by atoms with van der Waals surface area (Å²) in [6.07, 6.45) is 3.38. The molecule has 102 valence electrons. The number of carbonyl (C=O) groups is 1. The van der Waals surface area contributed by atoms with Crippen molar-refractivity contribution < 1.29 is 9.90 Å². The third kappa shape index (κ3) is 6.79. The molecular formula is C14H29NO2. The number of aliphatic hydroxyl groups excluding tert-OH is 1. The zero-order valence-electron chi connectivity index (χ0n) is 12.0. The molecule has 2 N–H and O–H groups in total. The molecule has 3 heteroatoms. The number of hydrogen-bond acceptors (Lipinski definition) is 3. The Morgan fingerprint density at radius 1 is 1.18 bits per heavy atom. The maximum absolute atomic E-state index is 12.0. The van der Waals surface area contributed by atoms with E-state index in [4.69, 9.17) is 0 Å². The highest BCUT2D eigenvalue weighted by Crippen LogP contribution is 2.11. The Kier molecular flexibility index (Phi) is 8.44. The number of hydrogen-bond donors (Lipinski definition) is 2. The first kappa shape index (κ1) is 16.6. The van der Waals surface area contributed by atoms with Crippen LogP contribution in [0.3, 0.4) is 0 Å². The van der Waals surface area contributed by atoms with Crippen LogP contribution >= 0.6 is 0 Å². The van der Waals surface area contributed by atoms with Crippen molar-refractivity contribution >= 4 is 5.78 Å². The predicted molar refractivity (Wildman–Crippen MR) is 72.1 cm³/mol. The first-order chi connectivity index (χ1) is 7.90. The van der Waals surface area contributed by atoms with Gasteiger partial charge in [0.15, 0.2) is 5.78 Å². The van der Waals surface area contributed by atoms with E-state index in [-0.39, 0.29) is 17.7 Å². The topological polar surface area (TPSA) is 49.3 Å². The second-order valence-corrected chi connectivity index (χ2v) is 5.42. The standard InChI is InChI=1S/C14H29NO2/c1-6-7-8-9-12(16)13(15-11(4)5)14(17)10(2)3/h10-13,15-16H,6-9H2,1-5H3/t12-,13+/m1/s1. The van der Waals surface area contributed by atoms with Crippen molar-refractivity contribution in [3.8, 4) is 0 Å². The van der Waals surface area contributed by atoms with Crippen LogP contribution in [0.4, 0.5) is 0 Å². The summed E-state index contributed by atoms with van der Waals surface area (Å²) >= 11 is 0. The second-order valence-electron chi connectivity index (χ2n) is 5.42. The highest BCUT2D eigenvalue weighted by molar-refractivity contribution is 5.86. The summed E-state index contributed by atoms with van der Waals surface area (Å²) in [5.41, 5.74) is 0. The number of carbonyl (C=O) groups excluding carboxylic acids is 1. The lowest BCUT2D eigenvalue weighted by Crippen LogP contribution is -2.50. The van der Waals surface area contributed by atoms with Crippen LogP contribution in [0, 0.1) is 5.92 Å². The molecule has 0 radical (unpaired) electrons. The first-order valence-electron chi connectivity index (χ1n) is 6.88. The monoisotopic (exact) mass is 243 g/mol. The molecule has 3 nitrogen and oxygen atoms in total. The van der Waals surface area contributed by atoms with Crippen LogP contribution in [-0.4, -0.2) is 29.1 Å². The van der Waals surface area contributed by atoms with E-state index >= 15 is 0 Å². The maximum atomic E-state index is 12.0. The number of nitrogens with one attached hydrogen (secondary N) is 1. The van der Waals surface area contributed by atoms with Gasteiger partial charge in [-0.05, 0) is 6.42 Å². The number of unbranched alkanes of at least 4 members (excludes halogenated alkanes) is 2. The predicted octanol–water partition coefficient (Wildman–Crippen LogP) is 2.52. The van der Waals surface area contributed by atoms with Gasteiger partial charge >= 0.3 is 0 Å². The van der Waals surface area contributed by atoms with Gasteiger partial charge < -0.3 is 10.4 Å². The van der Waals surface area contributed by atoms with Gasteiger partial charge in [-0.1, -0.05) is 53.9 Å². The Morgan fingerprint density at radius 2 is 1.76 bits per heavy atom. The third-order valence-electron chi connectivity index (χ3n) is 2.88. The summed E-state index contributed by atoms with van der Waals surface area (Å²) in [5.74, 6) is 0.0785. The Labute approximate surface area is 106 Å². The van der Waals surface area contributed by atoms with Crippen LogP contribution in [-0.2, 0) is 4.79 Å². The molecule has 0 aliphatic carbocycles. The molecule has 0 rings (SSSR count). The third-order valence-corrected chi connectivity index (χ3v) is 2.88. The van der Waals surface area contributed by atoms with Gasteiger partial charge in [0.2, 0.25) is 0 Å². The van der Waals surface area contributed by atoms with Crippen molar-refractivity contribution in [3.05, 3.63) is 0 Å². The first-order valence-corrected chi connectivity index (χ1v) is 6.88. The van der Waals surface area contributed by atoms with Gasteiger partial charge in [0, 0.05) is 12.0 Å². The highest BCUT2D eigenvalue weighted by Gasteiger charge is 2.28. The maximum Gasteiger partial charge on any atom is 0.154 e. The smallest absolute Gasteiger partial charge is 0.154 e. The minimum atomic E-state index is -0.557. The van der Waals surface area contributed by atoms with Crippen LogP contribution in [0.25, 0.3) is 0 Å². The molecule has 0 aromatic rings. The Balaban J connectivity index is 4.39. The largest absolute Gasteiger partial charge is 0.391 e. The molecule has 0 amide bonds. The summed E-state index contributed by atoms with van der Waals surface area (Å²) in [7, 11) is 0. The molecule has 0 heterocycles.